The van der Waals surface area contributed by atoms with Crippen LogP contribution in [0.2, 0.25) is 10.0 Å². The zero-order valence-electron chi connectivity index (χ0n) is 14.7. The quantitative estimate of drug-likeness (QED) is 0.730. The molecule has 0 aromatic heterocycles. The predicted molar refractivity (Wildman–Crippen MR) is 104 cm³/mol. The van der Waals surface area contributed by atoms with E-state index in [-0.39, 0.29) is 48.4 Å². The summed E-state index contributed by atoms with van der Waals surface area (Å²) in [5, 5.41) is 6.17. The summed E-state index contributed by atoms with van der Waals surface area (Å²) in [5.41, 5.74) is 0.936. The maximum absolute atomic E-state index is 12.8. The Hall–Kier alpha value is -1.64. The molecule has 1 saturated heterocycles. The summed E-state index contributed by atoms with van der Waals surface area (Å²) in [7, 11) is -1.54. The molecular formula is C17H19Cl2N3O4S. The SMILES string of the molecule is CN(Cc1cccc(Cl)c1Cl)C(=O)C1=NN([C@@H]2CCS(=O)(=O)C2)C(=O)CC1. The first-order valence-electron chi connectivity index (χ1n) is 8.46. The van der Waals surface area contributed by atoms with Gasteiger partial charge in [0.1, 0.15) is 5.71 Å². The van der Waals surface area contributed by atoms with Crippen molar-refractivity contribution in [1.29, 1.82) is 0 Å². The van der Waals surface area contributed by atoms with Gasteiger partial charge < -0.3 is 4.90 Å². The van der Waals surface area contributed by atoms with Crippen LogP contribution in [0, 0.1) is 0 Å². The first-order valence-corrected chi connectivity index (χ1v) is 11.0. The summed E-state index contributed by atoms with van der Waals surface area (Å²) in [4.78, 5) is 26.4. The zero-order chi connectivity index (χ0) is 19.8. The van der Waals surface area contributed by atoms with E-state index >= 15 is 0 Å². The molecule has 1 fully saturated rings. The molecule has 3 rings (SSSR count). The fraction of sp³-hybridized carbons (Fsp3) is 0.471. The van der Waals surface area contributed by atoms with E-state index in [1.807, 2.05) is 0 Å². The summed E-state index contributed by atoms with van der Waals surface area (Å²) in [6.07, 6.45) is 0.696. The number of rotatable bonds is 4. The molecule has 2 amide bonds. The smallest absolute Gasteiger partial charge is 0.270 e. The highest BCUT2D eigenvalue weighted by atomic mass is 35.5. The molecule has 146 valence electrons. The van der Waals surface area contributed by atoms with Crippen molar-refractivity contribution in [2.24, 2.45) is 5.10 Å². The van der Waals surface area contributed by atoms with E-state index in [0.29, 0.717) is 22.0 Å². The molecule has 0 bridgehead atoms. The number of carbonyl (C=O) groups is 2. The highest BCUT2D eigenvalue weighted by molar-refractivity contribution is 7.91. The molecule has 0 aliphatic carbocycles. The van der Waals surface area contributed by atoms with Gasteiger partial charge in [-0.1, -0.05) is 35.3 Å². The van der Waals surface area contributed by atoms with Crippen LogP contribution in [-0.4, -0.2) is 60.4 Å². The number of benzene rings is 1. The summed E-state index contributed by atoms with van der Waals surface area (Å²) in [6.45, 7) is 0.239. The summed E-state index contributed by atoms with van der Waals surface area (Å²) in [5.74, 6) is -0.663. The molecule has 27 heavy (non-hydrogen) atoms. The Morgan fingerprint density at radius 3 is 2.74 bits per heavy atom. The number of amides is 2. The number of carbonyl (C=O) groups excluding carboxylic acids is 2. The molecule has 1 aromatic carbocycles. The van der Waals surface area contributed by atoms with Crippen LogP contribution in [0.4, 0.5) is 0 Å². The van der Waals surface area contributed by atoms with Crippen molar-refractivity contribution in [3.05, 3.63) is 33.8 Å². The van der Waals surface area contributed by atoms with Gasteiger partial charge in [-0.25, -0.2) is 13.4 Å². The normalized spacial score (nSPS) is 21.9. The van der Waals surface area contributed by atoms with Crippen LogP contribution in [0.25, 0.3) is 0 Å². The van der Waals surface area contributed by atoms with Crippen molar-refractivity contribution in [1.82, 2.24) is 9.91 Å². The maximum atomic E-state index is 12.8. The van der Waals surface area contributed by atoms with E-state index in [1.54, 1.807) is 25.2 Å². The van der Waals surface area contributed by atoms with Gasteiger partial charge in [0.15, 0.2) is 9.84 Å². The van der Waals surface area contributed by atoms with E-state index in [1.165, 1.54) is 9.91 Å². The second kappa shape index (κ2) is 7.77. The van der Waals surface area contributed by atoms with Crippen LogP contribution in [0.5, 0.6) is 0 Å². The number of hydrogen-bond acceptors (Lipinski definition) is 5. The molecule has 7 nitrogen and oxygen atoms in total. The van der Waals surface area contributed by atoms with Crippen molar-refractivity contribution in [2.75, 3.05) is 18.6 Å². The molecule has 0 unspecified atom stereocenters. The van der Waals surface area contributed by atoms with Crippen molar-refractivity contribution < 1.29 is 18.0 Å². The average Bonchev–Trinajstić information content (AvgIpc) is 2.98. The fourth-order valence-corrected chi connectivity index (χ4v) is 5.27. The Kier molecular flexibility index (Phi) is 5.79. The first-order chi connectivity index (χ1) is 12.7. The van der Waals surface area contributed by atoms with Gasteiger partial charge in [0.2, 0.25) is 5.91 Å². The Bertz CT molecular complexity index is 917. The fourth-order valence-electron chi connectivity index (χ4n) is 3.20. The summed E-state index contributed by atoms with van der Waals surface area (Å²) in [6, 6.07) is 4.69. The third-order valence-corrected chi connectivity index (χ3v) is 7.25. The molecule has 0 radical (unpaired) electrons. The molecule has 1 atom stereocenters. The van der Waals surface area contributed by atoms with Crippen molar-refractivity contribution in [2.45, 2.75) is 31.8 Å². The number of nitrogens with zero attached hydrogens (tertiary/aromatic N) is 3. The number of sulfone groups is 1. The monoisotopic (exact) mass is 431 g/mol. The third kappa shape index (κ3) is 4.44. The predicted octanol–water partition coefficient (Wildman–Crippen LogP) is 2.12. The minimum Gasteiger partial charge on any atom is -0.336 e. The van der Waals surface area contributed by atoms with E-state index < -0.39 is 15.9 Å². The molecule has 0 N–H and O–H groups in total. The lowest BCUT2D eigenvalue weighted by molar-refractivity contribution is -0.134. The number of halogens is 2. The van der Waals surface area contributed by atoms with Crippen molar-refractivity contribution >= 4 is 50.6 Å². The van der Waals surface area contributed by atoms with Crippen molar-refractivity contribution in [3.63, 3.8) is 0 Å². The lowest BCUT2D eigenvalue weighted by Crippen LogP contribution is -2.44. The van der Waals surface area contributed by atoms with Crippen LogP contribution >= 0.6 is 23.2 Å². The summed E-state index contributed by atoms with van der Waals surface area (Å²) >= 11 is 12.2. The summed E-state index contributed by atoms with van der Waals surface area (Å²) < 4.78 is 23.4. The maximum Gasteiger partial charge on any atom is 0.270 e. The minimum absolute atomic E-state index is 0.0351. The standard InChI is InChI=1S/C17H19Cl2N3O4S/c1-21(9-11-3-2-4-13(18)16(11)19)17(24)14-5-6-15(23)22(20-14)12-7-8-27(25,26)10-12/h2-4,12H,5-10H2,1H3/t12-/m1/s1. The zero-order valence-corrected chi connectivity index (χ0v) is 17.0. The molecule has 2 aliphatic rings. The Morgan fingerprint density at radius 1 is 1.33 bits per heavy atom. The van der Waals surface area contributed by atoms with Crippen LogP contribution in [-0.2, 0) is 26.0 Å². The second-order valence-corrected chi connectivity index (χ2v) is 9.73. The largest absolute Gasteiger partial charge is 0.336 e. The lowest BCUT2D eigenvalue weighted by atomic mass is 10.1. The van der Waals surface area contributed by atoms with Gasteiger partial charge in [-0.15, -0.1) is 0 Å². The van der Waals surface area contributed by atoms with Gasteiger partial charge in [0.25, 0.3) is 5.91 Å². The second-order valence-electron chi connectivity index (χ2n) is 6.72. The lowest BCUT2D eigenvalue weighted by Gasteiger charge is -2.29. The first kappa shape index (κ1) is 20.1. The van der Waals surface area contributed by atoms with E-state index in [4.69, 9.17) is 23.2 Å². The van der Waals surface area contributed by atoms with Gasteiger partial charge in [-0.05, 0) is 18.1 Å². The van der Waals surface area contributed by atoms with Gasteiger partial charge in [0, 0.05) is 26.4 Å². The molecule has 0 spiro atoms. The van der Waals surface area contributed by atoms with Crippen LogP contribution in [0.15, 0.2) is 23.3 Å². The molecule has 2 aliphatic heterocycles. The van der Waals surface area contributed by atoms with E-state index in [9.17, 15) is 18.0 Å². The van der Waals surface area contributed by atoms with E-state index in [2.05, 4.69) is 5.10 Å². The van der Waals surface area contributed by atoms with Gasteiger partial charge in [0.05, 0.1) is 27.6 Å². The highest BCUT2D eigenvalue weighted by Crippen LogP contribution is 2.27. The van der Waals surface area contributed by atoms with Gasteiger partial charge in [-0.3, -0.25) is 9.59 Å². The molecule has 10 heteroatoms. The number of hydrogen-bond donors (Lipinski definition) is 0. The average molecular weight is 432 g/mol. The Morgan fingerprint density at radius 2 is 2.07 bits per heavy atom. The Balaban J connectivity index is 1.76. The topological polar surface area (TPSA) is 87.1 Å². The third-order valence-electron chi connectivity index (χ3n) is 4.65. The highest BCUT2D eigenvalue weighted by Gasteiger charge is 2.37. The molecule has 0 saturated carbocycles. The molecular weight excluding hydrogens is 413 g/mol. The Labute approximate surface area is 167 Å². The molecule has 1 aromatic rings. The van der Waals surface area contributed by atoms with Crippen LogP contribution in [0.1, 0.15) is 24.8 Å². The van der Waals surface area contributed by atoms with Crippen molar-refractivity contribution in [3.8, 4) is 0 Å². The van der Waals surface area contributed by atoms with E-state index in [0.717, 1.165) is 0 Å². The van der Waals surface area contributed by atoms with Crippen LogP contribution in [0.3, 0.4) is 0 Å². The minimum atomic E-state index is -3.16. The molecule has 2 heterocycles. The van der Waals surface area contributed by atoms with Gasteiger partial charge in [-0.2, -0.15) is 5.10 Å². The van der Waals surface area contributed by atoms with Gasteiger partial charge >= 0.3 is 0 Å². The number of hydrazone groups is 1. The van der Waals surface area contributed by atoms with Crippen LogP contribution < -0.4 is 0 Å².